The van der Waals surface area contributed by atoms with E-state index in [0.717, 1.165) is 0 Å². The van der Waals surface area contributed by atoms with Gasteiger partial charge in [0.1, 0.15) is 10.7 Å². The van der Waals surface area contributed by atoms with Crippen LogP contribution in [-0.2, 0) is 19.6 Å². The van der Waals surface area contributed by atoms with Gasteiger partial charge in [-0.2, -0.15) is 4.31 Å². The molecule has 3 aliphatic rings. The number of ether oxygens (including phenoxy) is 1. The molecule has 1 aromatic heterocycles. The van der Waals surface area contributed by atoms with Crippen LogP contribution in [0.5, 0.6) is 0 Å². The van der Waals surface area contributed by atoms with Crippen molar-refractivity contribution in [1.82, 2.24) is 14.2 Å². The van der Waals surface area contributed by atoms with Gasteiger partial charge in [0.25, 0.3) is 5.78 Å². The zero-order valence-electron chi connectivity index (χ0n) is 18.1. The number of hydrogen-bond acceptors (Lipinski definition) is 8. The number of Topliss-reactive ketones (excluding diaryl/α,β-unsaturated/α-hetero) is 1. The number of amides is 1. The van der Waals surface area contributed by atoms with Crippen LogP contribution < -0.4 is 9.80 Å². The molecular formula is C22H25N5O5S. The summed E-state index contributed by atoms with van der Waals surface area (Å²) in [4.78, 5) is 35.0. The highest BCUT2D eigenvalue weighted by molar-refractivity contribution is 7.89. The molecule has 4 heterocycles. The zero-order valence-corrected chi connectivity index (χ0v) is 18.9. The molecule has 0 bridgehead atoms. The number of fused-ring (bicyclic) bond motifs is 1. The number of anilines is 2. The number of nitrogens with zero attached hydrogens (tertiary/aromatic N) is 5. The molecular weight excluding hydrogens is 446 g/mol. The van der Waals surface area contributed by atoms with Gasteiger partial charge in [0.2, 0.25) is 10.0 Å². The molecule has 0 spiro atoms. The molecule has 2 saturated heterocycles. The van der Waals surface area contributed by atoms with Crippen LogP contribution in [0, 0.1) is 0 Å². The number of para-hydroxylation sites is 1. The average Bonchev–Trinajstić information content (AvgIpc) is 3.10. The lowest BCUT2D eigenvalue weighted by Gasteiger charge is -2.37. The molecule has 2 aromatic rings. The SMILES string of the molecule is O=C1C(=O)N(CN2CCN(c3ccc(S(=O)(=O)N4CCOCC4)cn3)CC2)c2ccccc21. The normalized spacial score (nSPS) is 20.4. The lowest BCUT2D eigenvalue weighted by atomic mass is 10.1. The number of piperazine rings is 1. The van der Waals surface area contributed by atoms with Crippen LogP contribution in [0.3, 0.4) is 0 Å². The Balaban J connectivity index is 1.20. The van der Waals surface area contributed by atoms with Crippen LogP contribution in [0.15, 0.2) is 47.5 Å². The number of hydrogen-bond donors (Lipinski definition) is 0. The molecule has 0 atom stereocenters. The fourth-order valence-corrected chi connectivity index (χ4v) is 5.71. The second-order valence-corrected chi connectivity index (χ2v) is 10.1. The number of sulfonamides is 1. The predicted octanol–water partition coefficient (Wildman–Crippen LogP) is 0.412. The van der Waals surface area contributed by atoms with Crippen molar-refractivity contribution in [3.8, 4) is 0 Å². The molecule has 11 heteroatoms. The number of morpholine rings is 1. The van der Waals surface area contributed by atoms with E-state index in [1.807, 2.05) is 6.07 Å². The first-order valence-electron chi connectivity index (χ1n) is 10.9. The highest BCUT2D eigenvalue weighted by atomic mass is 32.2. The maximum atomic E-state index is 12.8. The van der Waals surface area contributed by atoms with Gasteiger partial charge in [-0.25, -0.2) is 13.4 Å². The van der Waals surface area contributed by atoms with E-state index in [1.54, 1.807) is 30.3 Å². The third kappa shape index (κ3) is 4.12. The Morgan fingerprint density at radius 1 is 0.909 bits per heavy atom. The van der Waals surface area contributed by atoms with Gasteiger partial charge in [0, 0.05) is 45.5 Å². The Hall–Kier alpha value is -2.86. The molecule has 1 aromatic carbocycles. The van der Waals surface area contributed by atoms with Gasteiger partial charge in [0.15, 0.2) is 0 Å². The smallest absolute Gasteiger partial charge is 0.300 e. The molecule has 0 saturated carbocycles. The molecule has 174 valence electrons. The van der Waals surface area contributed by atoms with Crippen LogP contribution in [0.4, 0.5) is 11.5 Å². The molecule has 33 heavy (non-hydrogen) atoms. The number of rotatable bonds is 5. The van der Waals surface area contributed by atoms with Gasteiger partial charge in [-0.1, -0.05) is 12.1 Å². The van der Waals surface area contributed by atoms with Gasteiger partial charge in [0.05, 0.1) is 31.1 Å². The summed E-state index contributed by atoms with van der Waals surface area (Å²) in [5.74, 6) is -0.230. The van der Waals surface area contributed by atoms with E-state index in [1.165, 1.54) is 15.4 Å². The summed E-state index contributed by atoms with van der Waals surface area (Å²) in [5.41, 5.74) is 1.12. The maximum absolute atomic E-state index is 12.8. The lowest BCUT2D eigenvalue weighted by Crippen LogP contribution is -2.51. The van der Waals surface area contributed by atoms with Crippen molar-refractivity contribution in [2.75, 3.05) is 69.0 Å². The van der Waals surface area contributed by atoms with E-state index < -0.39 is 21.7 Å². The highest BCUT2D eigenvalue weighted by Gasteiger charge is 2.36. The first kappa shape index (κ1) is 22.0. The van der Waals surface area contributed by atoms with E-state index in [4.69, 9.17) is 4.74 Å². The number of benzene rings is 1. The topological polar surface area (TPSA) is 103 Å². The van der Waals surface area contributed by atoms with Crippen molar-refractivity contribution in [1.29, 1.82) is 0 Å². The third-order valence-corrected chi connectivity index (χ3v) is 8.13. The molecule has 0 N–H and O–H groups in total. The Labute approximate surface area is 192 Å². The third-order valence-electron chi connectivity index (χ3n) is 6.25. The molecule has 3 aliphatic heterocycles. The van der Waals surface area contributed by atoms with Crippen LogP contribution in [-0.4, -0.2) is 93.4 Å². The first-order chi connectivity index (χ1) is 15.9. The molecule has 5 rings (SSSR count). The first-order valence-corrected chi connectivity index (χ1v) is 12.4. The Bertz CT molecular complexity index is 1160. The largest absolute Gasteiger partial charge is 0.379 e. The van der Waals surface area contributed by atoms with E-state index in [-0.39, 0.29) is 4.90 Å². The van der Waals surface area contributed by atoms with Gasteiger partial charge in [-0.15, -0.1) is 0 Å². The van der Waals surface area contributed by atoms with Crippen molar-refractivity contribution in [3.63, 3.8) is 0 Å². The van der Waals surface area contributed by atoms with Gasteiger partial charge < -0.3 is 9.64 Å². The van der Waals surface area contributed by atoms with Crippen molar-refractivity contribution in [2.45, 2.75) is 4.90 Å². The van der Waals surface area contributed by atoms with E-state index >= 15 is 0 Å². The van der Waals surface area contributed by atoms with E-state index in [0.29, 0.717) is 76.2 Å². The van der Waals surface area contributed by atoms with Crippen LogP contribution >= 0.6 is 0 Å². The minimum atomic E-state index is -3.57. The maximum Gasteiger partial charge on any atom is 0.300 e. The molecule has 0 aliphatic carbocycles. The summed E-state index contributed by atoms with van der Waals surface area (Å²) in [7, 11) is -3.57. The average molecular weight is 472 g/mol. The second-order valence-electron chi connectivity index (χ2n) is 8.19. The number of carbonyl (C=O) groups excluding carboxylic acids is 2. The lowest BCUT2D eigenvalue weighted by molar-refractivity contribution is -0.114. The summed E-state index contributed by atoms with van der Waals surface area (Å²) in [5, 5.41) is 0. The van der Waals surface area contributed by atoms with E-state index in [2.05, 4.69) is 14.8 Å². The molecule has 1 amide bonds. The standard InChI is InChI=1S/C22H25N5O5S/c28-21-18-3-1-2-4-19(18)27(22(21)29)16-24-7-9-25(10-8-24)20-6-5-17(15-23-20)33(30,31)26-11-13-32-14-12-26/h1-6,15H,7-14,16H2. The number of ketones is 1. The van der Waals surface area contributed by atoms with E-state index in [9.17, 15) is 18.0 Å². The molecule has 0 radical (unpaired) electrons. The summed E-state index contributed by atoms with van der Waals surface area (Å²) in [6.45, 7) is 4.60. The Morgan fingerprint density at radius 3 is 2.33 bits per heavy atom. The number of carbonyl (C=O) groups is 2. The van der Waals surface area contributed by atoms with Gasteiger partial charge >= 0.3 is 5.91 Å². The summed E-state index contributed by atoms with van der Waals surface area (Å²) >= 11 is 0. The number of pyridine rings is 1. The monoisotopic (exact) mass is 471 g/mol. The Morgan fingerprint density at radius 2 is 1.64 bits per heavy atom. The second kappa shape index (κ2) is 8.82. The fraction of sp³-hybridized carbons (Fsp3) is 0.409. The molecule has 10 nitrogen and oxygen atoms in total. The quantitative estimate of drug-likeness (QED) is 0.578. The fourth-order valence-electron chi connectivity index (χ4n) is 4.36. The minimum absolute atomic E-state index is 0.183. The molecule has 0 unspecified atom stereocenters. The Kier molecular flexibility index (Phi) is 5.87. The number of aromatic nitrogens is 1. The highest BCUT2D eigenvalue weighted by Crippen LogP contribution is 2.29. The summed E-state index contributed by atoms with van der Waals surface area (Å²) < 4.78 is 32.2. The van der Waals surface area contributed by atoms with Crippen molar-refractivity contribution in [2.24, 2.45) is 0 Å². The van der Waals surface area contributed by atoms with Crippen LogP contribution in [0.2, 0.25) is 0 Å². The van der Waals surface area contributed by atoms with Crippen molar-refractivity contribution >= 4 is 33.2 Å². The van der Waals surface area contributed by atoms with Crippen LogP contribution in [0.25, 0.3) is 0 Å². The predicted molar refractivity (Wildman–Crippen MR) is 121 cm³/mol. The summed E-state index contributed by atoms with van der Waals surface area (Å²) in [6.07, 6.45) is 1.41. The molecule has 2 fully saturated rings. The van der Waals surface area contributed by atoms with Crippen molar-refractivity contribution in [3.05, 3.63) is 48.2 Å². The van der Waals surface area contributed by atoms with Crippen molar-refractivity contribution < 1.29 is 22.7 Å². The van der Waals surface area contributed by atoms with Crippen LogP contribution in [0.1, 0.15) is 10.4 Å². The summed E-state index contributed by atoms with van der Waals surface area (Å²) in [6, 6.07) is 10.4. The zero-order chi connectivity index (χ0) is 23.0. The van der Waals surface area contributed by atoms with Gasteiger partial charge in [-0.3, -0.25) is 19.4 Å². The minimum Gasteiger partial charge on any atom is -0.379 e. The van der Waals surface area contributed by atoms with Gasteiger partial charge in [-0.05, 0) is 24.3 Å².